The van der Waals surface area contributed by atoms with Gasteiger partial charge in [0.1, 0.15) is 11.4 Å². The van der Waals surface area contributed by atoms with Crippen LogP contribution in [0.25, 0.3) is 22.5 Å². The quantitative estimate of drug-likeness (QED) is 0.446. The maximum absolute atomic E-state index is 13.4. The first kappa shape index (κ1) is 21.4. The first-order valence-electron chi connectivity index (χ1n) is 9.61. The molecule has 32 heavy (non-hydrogen) atoms. The molecule has 7 nitrogen and oxygen atoms in total. The van der Waals surface area contributed by atoms with Gasteiger partial charge in [0.25, 0.3) is 5.91 Å². The minimum atomic E-state index is -4.83. The number of halogens is 3. The summed E-state index contributed by atoms with van der Waals surface area (Å²) < 4.78 is 49.4. The Morgan fingerprint density at radius 1 is 1.22 bits per heavy atom. The molecule has 3 aromatic heterocycles. The SMILES string of the molecule is Cc1nn(C)c2nc(-c3ccco3)cc(C(=O)N(C)Cc3ccccc3OC(F)(F)F)c12. The lowest BCUT2D eigenvalue weighted by Crippen LogP contribution is -2.27. The topological polar surface area (TPSA) is 73.4 Å². The van der Waals surface area contributed by atoms with E-state index in [0.29, 0.717) is 33.7 Å². The molecule has 10 heteroatoms. The molecule has 1 amide bonds. The molecule has 0 bridgehead atoms. The zero-order chi connectivity index (χ0) is 23.0. The van der Waals surface area contributed by atoms with E-state index in [1.165, 1.54) is 36.4 Å². The fourth-order valence-corrected chi connectivity index (χ4v) is 3.56. The number of rotatable bonds is 5. The van der Waals surface area contributed by atoms with Crippen molar-refractivity contribution < 1.29 is 27.1 Å². The second kappa shape index (κ2) is 8.03. The minimum absolute atomic E-state index is 0.0930. The largest absolute Gasteiger partial charge is 0.573 e. The van der Waals surface area contributed by atoms with E-state index >= 15 is 0 Å². The summed E-state index contributed by atoms with van der Waals surface area (Å²) in [6.07, 6.45) is -3.33. The highest BCUT2D eigenvalue weighted by molar-refractivity contribution is 6.07. The number of para-hydroxylation sites is 1. The van der Waals surface area contributed by atoms with E-state index in [-0.39, 0.29) is 17.9 Å². The van der Waals surface area contributed by atoms with E-state index < -0.39 is 12.3 Å². The van der Waals surface area contributed by atoms with Gasteiger partial charge in [0.15, 0.2) is 11.4 Å². The van der Waals surface area contributed by atoms with Gasteiger partial charge < -0.3 is 14.1 Å². The summed E-state index contributed by atoms with van der Waals surface area (Å²) >= 11 is 0. The van der Waals surface area contributed by atoms with E-state index in [4.69, 9.17) is 4.42 Å². The number of alkyl halides is 3. The van der Waals surface area contributed by atoms with E-state index in [1.54, 1.807) is 42.9 Å². The number of fused-ring (bicyclic) bond motifs is 1. The van der Waals surface area contributed by atoms with Gasteiger partial charge in [-0.25, -0.2) is 4.98 Å². The Hall–Kier alpha value is -3.82. The van der Waals surface area contributed by atoms with Crippen LogP contribution in [-0.4, -0.2) is 39.0 Å². The first-order valence-corrected chi connectivity index (χ1v) is 9.61. The second-order valence-corrected chi connectivity index (χ2v) is 7.26. The fourth-order valence-electron chi connectivity index (χ4n) is 3.56. The van der Waals surface area contributed by atoms with E-state index in [9.17, 15) is 18.0 Å². The number of nitrogens with zero attached hydrogens (tertiary/aromatic N) is 4. The summed E-state index contributed by atoms with van der Waals surface area (Å²) in [5.41, 5.74) is 2.10. The van der Waals surface area contributed by atoms with Crippen LogP contribution >= 0.6 is 0 Å². The molecule has 0 saturated carbocycles. The number of ether oxygens (including phenoxy) is 1. The zero-order valence-electron chi connectivity index (χ0n) is 17.5. The highest BCUT2D eigenvalue weighted by Gasteiger charge is 2.32. The Bertz CT molecular complexity index is 1280. The number of aryl methyl sites for hydroxylation is 2. The van der Waals surface area contributed by atoms with Gasteiger partial charge in [-0.3, -0.25) is 9.48 Å². The predicted octanol–water partition coefficient (Wildman–Crippen LogP) is 4.71. The van der Waals surface area contributed by atoms with Crippen molar-refractivity contribution in [3.8, 4) is 17.2 Å². The molecule has 0 fully saturated rings. The van der Waals surface area contributed by atoms with Crippen LogP contribution in [0.4, 0.5) is 13.2 Å². The second-order valence-electron chi connectivity index (χ2n) is 7.26. The van der Waals surface area contributed by atoms with Gasteiger partial charge in [0, 0.05) is 26.2 Å². The first-order chi connectivity index (χ1) is 15.1. The number of amides is 1. The molecule has 0 unspecified atom stereocenters. The normalized spacial score (nSPS) is 11.7. The molecule has 4 rings (SSSR count). The van der Waals surface area contributed by atoms with Crippen molar-refractivity contribution >= 4 is 16.9 Å². The molecule has 166 valence electrons. The summed E-state index contributed by atoms with van der Waals surface area (Å²) in [6.45, 7) is 1.67. The van der Waals surface area contributed by atoms with Crippen LogP contribution in [0, 0.1) is 6.92 Å². The minimum Gasteiger partial charge on any atom is -0.463 e. The maximum atomic E-state index is 13.4. The number of furan rings is 1. The van der Waals surface area contributed by atoms with Gasteiger partial charge in [0.2, 0.25) is 0 Å². The molecular weight excluding hydrogens is 425 g/mol. The number of pyridine rings is 1. The summed E-state index contributed by atoms with van der Waals surface area (Å²) in [4.78, 5) is 19.3. The van der Waals surface area contributed by atoms with Gasteiger partial charge in [0.05, 0.1) is 22.9 Å². The summed E-state index contributed by atoms with van der Waals surface area (Å²) in [7, 11) is 3.23. The number of benzene rings is 1. The van der Waals surface area contributed by atoms with Crippen LogP contribution in [0.15, 0.2) is 53.1 Å². The number of hydrogen-bond donors (Lipinski definition) is 0. The Morgan fingerprint density at radius 2 is 1.97 bits per heavy atom. The predicted molar refractivity (Wildman–Crippen MR) is 110 cm³/mol. The van der Waals surface area contributed by atoms with Crippen molar-refractivity contribution in [2.75, 3.05) is 7.05 Å². The zero-order valence-corrected chi connectivity index (χ0v) is 17.5. The van der Waals surface area contributed by atoms with Crippen molar-refractivity contribution in [3.63, 3.8) is 0 Å². The van der Waals surface area contributed by atoms with Crippen molar-refractivity contribution in [3.05, 3.63) is 65.5 Å². The number of aromatic nitrogens is 3. The Morgan fingerprint density at radius 3 is 2.66 bits per heavy atom. The smallest absolute Gasteiger partial charge is 0.463 e. The third-order valence-electron chi connectivity index (χ3n) is 4.93. The summed E-state index contributed by atoms with van der Waals surface area (Å²) in [6, 6.07) is 10.8. The monoisotopic (exact) mass is 444 g/mol. The van der Waals surface area contributed by atoms with Gasteiger partial charge in [-0.15, -0.1) is 13.2 Å². The lowest BCUT2D eigenvalue weighted by molar-refractivity contribution is -0.275. The van der Waals surface area contributed by atoms with Gasteiger partial charge in [-0.1, -0.05) is 18.2 Å². The van der Waals surface area contributed by atoms with Crippen LogP contribution in [0.5, 0.6) is 5.75 Å². The lowest BCUT2D eigenvalue weighted by atomic mass is 10.1. The molecule has 1 aromatic carbocycles. The molecule has 0 N–H and O–H groups in total. The van der Waals surface area contributed by atoms with Crippen molar-refractivity contribution in [2.24, 2.45) is 7.05 Å². The molecule has 0 saturated heterocycles. The Kier molecular flexibility index (Phi) is 5.37. The average Bonchev–Trinajstić information content (AvgIpc) is 3.36. The number of hydrogen-bond acceptors (Lipinski definition) is 5. The average molecular weight is 444 g/mol. The summed E-state index contributed by atoms with van der Waals surface area (Å²) in [5, 5.41) is 4.93. The molecule has 0 radical (unpaired) electrons. The highest BCUT2D eigenvalue weighted by atomic mass is 19.4. The molecule has 3 heterocycles. The molecular formula is C22H19F3N4O3. The molecule has 0 spiro atoms. The molecule has 0 aliphatic carbocycles. The van der Waals surface area contributed by atoms with Crippen LogP contribution < -0.4 is 4.74 Å². The fraction of sp³-hybridized carbons (Fsp3) is 0.227. The summed E-state index contributed by atoms with van der Waals surface area (Å²) in [5.74, 6) is -0.275. The van der Waals surface area contributed by atoms with Gasteiger partial charge >= 0.3 is 6.36 Å². The van der Waals surface area contributed by atoms with E-state index in [2.05, 4.69) is 14.8 Å². The van der Waals surface area contributed by atoms with Crippen LogP contribution in [0.3, 0.4) is 0 Å². The van der Waals surface area contributed by atoms with Gasteiger partial charge in [-0.2, -0.15) is 5.10 Å². The number of carbonyl (C=O) groups is 1. The maximum Gasteiger partial charge on any atom is 0.573 e. The standard InChI is InChI=1S/C22H19F3N4O3/c1-13-19-15(11-16(18-9-6-10-31-18)26-20(19)29(3)27-13)21(30)28(2)12-14-7-4-5-8-17(14)32-22(23,24)25/h4-11H,12H2,1-3H3. The van der Waals surface area contributed by atoms with Crippen LogP contribution in [0.2, 0.25) is 0 Å². The van der Waals surface area contributed by atoms with E-state index in [1.807, 2.05) is 0 Å². The molecule has 0 aliphatic rings. The Labute approximate surface area is 181 Å². The van der Waals surface area contributed by atoms with Crippen molar-refractivity contribution in [2.45, 2.75) is 19.8 Å². The van der Waals surface area contributed by atoms with Gasteiger partial charge in [-0.05, 0) is 31.2 Å². The molecule has 4 aromatic rings. The lowest BCUT2D eigenvalue weighted by Gasteiger charge is -2.20. The molecule has 0 atom stereocenters. The van der Waals surface area contributed by atoms with Crippen LogP contribution in [0.1, 0.15) is 21.6 Å². The van der Waals surface area contributed by atoms with Crippen LogP contribution in [-0.2, 0) is 13.6 Å². The van der Waals surface area contributed by atoms with E-state index in [0.717, 1.165) is 0 Å². The van der Waals surface area contributed by atoms with Crippen molar-refractivity contribution in [1.29, 1.82) is 0 Å². The molecule has 0 aliphatic heterocycles. The highest BCUT2D eigenvalue weighted by Crippen LogP contribution is 2.30. The third kappa shape index (κ3) is 4.16. The van der Waals surface area contributed by atoms with Crippen molar-refractivity contribution in [1.82, 2.24) is 19.7 Å². The third-order valence-corrected chi connectivity index (χ3v) is 4.93. The Balaban J connectivity index is 1.73. The number of carbonyl (C=O) groups excluding carboxylic acids is 1.